The van der Waals surface area contributed by atoms with Gasteiger partial charge in [-0.2, -0.15) is 0 Å². The number of terminal acetylenes is 1. The smallest absolute Gasteiger partial charge is 0.280 e. The molecule has 0 aliphatic rings. The van der Waals surface area contributed by atoms with Crippen LogP contribution in [0.1, 0.15) is 4.88 Å². The third-order valence-electron chi connectivity index (χ3n) is 2.50. The van der Waals surface area contributed by atoms with Crippen LogP contribution in [0.4, 0.5) is 5.69 Å². The summed E-state index contributed by atoms with van der Waals surface area (Å²) in [4.78, 5) is 4.53. The first-order chi connectivity index (χ1) is 11.7. The van der Waals surface area contributed by atoms with Crippen molar-refractivity contribution >= 4 is 59.3 Å². The van der Waals surface area contributed by atoms with E-state index in [9.17, 15) is 8.42 Å². The molecule has 0 saturated carbocycles. The Morgan fingerprint density at radius 3 is 2.28 bits per heavy atom. The van der Waals surface area contributed by atoms with E-state index in [4.69, 9.17) is 22.8 Å². The van der Waals surface area contributed by atoms with Gasteiger partial charge in [-0.15, -0.1) is 17.8 Å². The molecule has 25 heavy (non-hydrogen) atoms. The van der Waals surface area contributed by atoms with Crippen LogP contribution in [-0.2, 0) is 16.1 Å². The van der Waals surface area contributed by atoms with Gasteiger partial charge in [0, 0.05) is 33.2 Å². The fourth-order valence-corrected chi connectivity index (χ4v) is 2.97. The Bertz CT molecular complexity index is 911. The lowest BCUT2D eigenvalue weighted by Gasteiger charge is -1.91. The summed E-state index contributed by atoms with van der Waals surface area (Å²) in [6, 6.07) is 11.6. The van der Waals surface area contributed by atoms with E-state index in [1.54, 1.807) is 18.4 Å². The van der Waals surface area contributed by atoms with Crippen molar-refractivity contribution in [1.82, 2.24) is 9.55 Å². The number of imidazole rings is 1. The van der Waals surface area contributed by atoms with Crippen molar-refractivity contribution in [3.05, 3.63) is 62.7 Å². The zero-order valence-corrected chi connectivity index (χ0v) is 17.7. The van der Waals surface area contributed by atoms with E-state index in [1.807, 2.05) is 41.8 Å². The second-order valence-electron chi connectivity index (χ2n) is 4.46. The number of aromatic nitrogens is 2. The maximum Gasteiger partial charge on any atom is 0.280 e. The van der Waals surface area contributed by atoms with Crippen LogP contribution in [0.5, 0.6) is 0 Å². The summed E-state index contributed by atoms with van der Waals surface area (Å²) in [6.07, 6.45) is 7.76. The van der Waals surface area contributed by atoms with Crippen LogP contribution in [0.2, 0.25) is 0 Å². The molecule has 0 amide bonds. The molecule has 3 aromatic rings. The second-order valence-corrected chi connectivity index (χ2v) is 9.08. The van der Waals surface area contributed by atoms with Gasteiger partial charge < -0.3 is 10.3 Å². The van der Waals surface area contributed by atoms with Gasteiger partial charge in [-0.05, 0) is 46.2 Å². The number of benzene rings is 1. The van der Waals surface area contributed by atoms with Crippen molar-refractivity contribution in [2.75, 3.05) is 5.73 Å². The summed E-state index contributed by atoms with van der Waals surface area (Å²) < 4.78 is 23.7. The minimum Gasteiger partial charge on any atom is -0.398 e. The van der Waals surface area contributed by atoms with E-state index in [-0.39, 0.29) is 5.03 Å². The molecule has 9 heteroatoms. The largest absolute Gasteiger partial charge is 0.398 e. The van der Waals surface area contributed by atoms with Crippen molar-refractivity contribution < 1.29 is 8.42 Å². The van der Waals surface area contributed by atoms with Gasteiger partial charge in [0.2, 0.25) is 0 Å². The van der Waals surface area contributed by atoms with E-state index < -0.39 is 9.05 Å². The molecule has 0 aliphatic heterocycles. The molecule has 0 unspecified atom stereocenters. The number of nitrogens with two attached hydrogens (primary N) is 1. The highest BCUT2D eigenvalue weighted by molar-refractivity contribution is 14.1. The van der Waals surface area contributed by atoms with Crippen molar-refractivity contribution in [1.29, 1.82) is 0 Å². The van der Waals surface area contributed by atoms with Crippen molar-refractivity contribution in [2.45, 2.75) is 5.03 Å². The number of aryl methyl sites for hydroxylation is 1. The molecule has 5 nitrogen and oxygen atoms in total. The molecule has 3 rings (SSSR count). The van der Waals surface area contributed by atoms with Crippen LogP contribution in [0.25, 0.3) is 0 Å². The van der Waals surface area contributed by atoms with Crippen molar-refractivity contribution in [3.8, 4) is 12.3 Å². The van der Waals surface area contributed by atoms with Gasteiger partial charge in [0.05, 0.1) is 11.2 Å². The maximum atomic E-state index is 10.5. The van der Waals surface area contributed by atoms with Crippen LogP contribution in [-0.4, -0.2) is 18.0 Å². The summed E-state index contributed by atoms with van der Waals surface area (Å²) in [5.41, 5.74) is 6.37. The average molecular weight is 508 g/mol. The van der Waals surface area contributed by atoms with Gasteiger partial charge in [0.1, 0.15) is 0 Å². The van der Waals surface area contributed by atoms with Gasteiger partial charge in [0.15, 0.2) is 5.03 Å². The summed E-state index contributed by atoms with van der Waals surface area (Å²) in [5.74, 6) is 2.53. The minimum atomic E-state index is -3.64. The van der Waals surface area contributed by atoms with Gasteiger partial charge in [-0.25, -0.2) is 13.4 Å². The lowest BCUT2D eigenvalue weighted by molar-refractivity contribution is 0.606. The molecule has 0 bridgehead atoms. The number of rotatable bonds is 1. The normalized spacial score (nSPS) is 9.84. The number of anilines is 1. The van der Waals surface area contributed by atoms with Crippen LogP contribution in [0, 0.1) is 15.9 Å². The fourth-order valence-electron chi connectivity index (χ4n) is 1.35. The number of thiophene rings is 1. The highest BCUT2D eigenvalue weighted by Gasteiger charge is 2.11. The van der Waals surface area contributed by atoms with Gasteiger partial charge >= 0.3 is 0 Å². The Hall–Kier alpha value is -1.54. The van der Waals surface area contributed by atoms with Crippen LogP contribution < -0.4 is 5.73 Å². The SMILES string of the molecule is C#Cc1cccs1.Cn1cnc(S(=O)(=O)Cl)c1.Nc1ccccc1I. The Labute approximate surface area is 169 Å². The summed E-state index contributed by atoms with van der Waals surface area (Å²) in [6.45, 7) is 0. The predicted molar refractivity (Wildman–Crippen MR) is 112 cm³/mol. The number of halogens is 2. The maximum absolute atomic E-state index is 10.5. The van der Waals surface area contributed by atoms with E-state index in [0.717, 1.165) is 14.1 Å². The van der Waals surface area contributed by atoms with E-state index >= 15 is 0 Å². The topological polar surface area (TPSA) is 78.0 Å². The zero-order chi connectivity index (χ0) is 18.9. The van der Waals surface area contributed by atoms with Crippen molar-refractivity contribution in [2.24, 2.45) is 7.05 Å². The fraction of sp³-hybridized carbons (Fsp3) is 0.0625. The predicted octanol–water partition coefficient (Wildman–Crippen LogP) is 3.95. The van der Waals surface area contributed by atoms with Crippen LogP contribution in [0.15, 0.2) is 59.3 Å². The average Bonchev–Trinajstić information content (AvgIpc) is 3.22. The van der Waals surface area contributed by atoms with Gasteiger partial charge in [-0.3, -0.25) is 0 Å². The Balaban J connectivity index is 0.000000191. The second kappa shape index (κ2) is 10.5. The lowest BCUT2D eigenvalue weighted by Crippen LogP contribution is -1.89. The first-order valence-corrected chi connectivity index (χ1v) is 10.9. The molecule has 0 aliphatic carbocycles. The lowest BCUT2D eigenvalue weighted by atomic mass is 10.3. The minimum absolute atomic E-state index is 0.114. The molecule has 2 N–H and O–H groups in total. The number of nitrogen functional groups attached to an aromatic ring is 1. The third-order valence-corrected chi connectivity index (χ3v) is 5.47. The quantitative estimate of drug-likeness (QED) is 0.234. The van der Waals surface area contributed by atoms with E-state index in [1.165, 1.54) is 17.1 Å². The molecule has 132 valence electrons. The van der Waals surface area contributed by atoms with Crippen LogP contribution in [0.3, 0.4) is 0 Å². The molecule has 0 spiro atoms. The van der Waals surface area contributed by atoms with Gasteiger partial charge in [0.25, 0.3) is 9.05 Å². The monoisotopic (exact) mass is 507 g/mol. The first kappa shape index (κ1) is 21.5. The molecule has 2 heterocycles. The molecule has 0 atom stereocenters. The molecule has 0 saturated heterocycles. The molecule has 1 aromatic carbocycles. The van der Waals surface area contributed by atoms with E-state index in [2.05, 4.69) is 33.5 Å². The number of hydrogen-bond donors (Lipinski definition) is 1. The Kier molecular flexibility index (Phi) is 8.99. The first-order valence-electron chi connectivity index (χ1n) is 6.66. The van der Waals surface area contributed by atoms with Crippen molar-refractivity contribution in [3.63, 3.8) is 0 Å². The standard InChI is InChI=1S/C6H6IN.C6H4S.C4H5ClN2O2S/c7-5-3-1-2-4-6(5)8;1-2-6-4-3-5-7-6;1-7-2-4(6-3-7)10(5,8)9/h1-4H,8H2;1,3-5H;2-3H,1H3. The van der Waals surface area contributed by atoms with Crippen LogP contribution >= 0.6 is 44.6 Å². The zero-order valence-electron chi connectivity index (χ0n) is 13.1. The molecule has 2 aromatic heterocycles. The molecular formula is C16H15ClIN3O2S2. The Morgan fingerprint density at radius 1 is 1.32 bits per heavy atom. The highest BCUT2D eigenvalue weighted by atomic mass is 127. The summed E-state index contributed by atoms with van der Waals surface area (Å²) >= 11 is 3.79. The Morgan fingerprint density at radius 2 is 2.00 bits per heavy atom. The number of para-hydroxylation sites is 1. The third kappa shape index (κ3) is 8.40. The number of hydrogen-bond acceptors (Lipinski definition) is 5. The summed E-state index contributed by atoms with van der Waals surface area (Å²) in [7, 11) is 2.99. The van der Waals surface area contributed by atoms with Gasteiger partial charge in [-0.1, -0.05) is 24.1 Å². The highest BCUT2D eigenvalue weighted by Crippen LogP contribution is 2.11. The molecule has 0 fully saturated rings. The molecule has 0 radical (unpaired) electrons. The molecular weight excluding hydrogens is 493 g/mol. The van der Waals surface area contributed by atoms with E-state index in [0.29, 0.717) is 0 Å². The number of nitrogens with zero attached hydrogens (tertiary/aromatic N) is 2. The summed E-state index contributed by atoms with van der Waals surface area (Å²) in [5, 5.41) is 1.85.